The van der Waals surface area contributed by atoms with Crippen LogP contribution < -0.4 is 0 Å². The Balaban J connectivity index is 1.85. The second-order valence-corrected chi connectivity index (χ2v) is 5.82. The third-order valence-corrected chi connectivity index (χ3v) is 4.14. The van der Waals surface area contributed by atoms with E-state index in [1.54, 1.807) is 0 Å². The first-order chi connectivity index (χ1) is 9.51. The van der Waals surface area contributed by atoms with Crippen LogP contribution >= 0.6 is 0 Å². The second kappa shape index (κ2) is 6.54. The molecule has 0 aromatic carbocycles. The molecule has 2 saturated heterocycles. The van der Waals surface area contributed by atoms with Crippen molar-refractivity contribution < 1.29 is 19.1 Å². The number of hydrogen-bond acceptors (Lipinski definition) is 5. The van der Waals surface area contributed by atoms with E-state index in [1.807, 2.05) is 18.7 Å². The first kappa shape index (κ1) is 15.3. The van der Waals surface area contributed by atoms with E-state index in [2.05, 4.69) is 4.90 Å². The van der Waals surface area contributed by atoms with Crippen molar-refractivity contribution in [1.29, 1.82) is 0 Å². The van der Waals surface area contributed by atoms with Crippen LogP contribution in [0.5, 0.6) is 0 Å². The lowest BCUT2D eigenvalue weighted by Gasteiger charge is -2.32. The minimum atomic E-state index is -0.174. The Bertz CT molecular complexity index is 374. The molecule has 0 spiro atoms. The third kappa shape index (κ3) is 3.49. The Morgan fingerprint density at radius 1 is 1.25 bits per heavy atom. The van der Waals surface area contributed by atoms with Crippen molar-refractivity contribution >= 4 is 11.9 Å². The van der Waals surface area contributed by atoms with Gasteiger partial charge in [-0.15, -0.1) is 0 Å². The first-order valence-corrected chi connectivity index (χ1v) is 7.20. The Morgan fingerprint density at radius 3 is 2.65 bits per heavy atom. The summed E-state index contributed by atoms with van der Waals surface area (Å²) in [6, 6.07) is 0. The lowest BCUT2D eigenvalue weighted by Crippen LogP contribution is -2.48. The van der Waals surface area contributed by atoms with Gasteiger partial charge in [-0.1, -0.05) is 6.92 Å². The number of amides is 1. The first-order valence-electron chi connectivity index (χ1n) is 7.20. The van der Waals surface area contributed by atoms with Crippen LogP contribution in [0.4, 0.5) is 0 Å². The summed E-state index contributed by atoms with van der Waals surface area (Å²) in [5.41, 5.74) is 0. The van der Waals surface area contributed by atoms with Crippen LogP contribution in [0.15, 0.2) is 0 Å². The normalized spacial score (nSPS) is 31.4. The van der Waals surface area contributed by atoms with Crippen LogP contribution in [0.25, 0.3) is 0 Å². The van der Waals surface area contributed by atoms with E-state index in [1.165, 1.54) is 7.11 Å². The van der Waals surface area contributed by atoms with Gasteiger partial charge >= 0.3 is 5.97 Å². The molecule has 114 valence electrons. The number of likely N-dealkylation sites (tertiary alicyclic amines) is 1. The van der Waals surface area contributed by atoms with Crippen molar-refractivity contribution in [3.8, 4) is 0 Å². The maximum Gasteiger partial charge on any atom is 0.310 e. The molecule has 6 nitrogen and oxygen atoms in total. The van der Waals surface area contributed by atoms with Gasteiger partial charge in [-0.25, -0.2) is 0 Å². The van der Waals surface area contributed by atoms with E-state index in [0.717, 1.165) is 6.54 Å². The number of esters is 1. The highest BCUT2D eigenvalue weighted by Gasteiger charge is 2.36. The van der Waals surface area contributed by atoms with Gasteiger partial charge in [-0.05, 0) is 12.8 Å². The zero-order valence-corrected chi connectivity index (χ0v) is 12.5. The van der Waals surface area contributed by atoms with Gasteiger partial charge in [-0.3, -0.25) is 14.5 Å². The molecule has 2 aliphatic rings. The number of nitrogens with zero attached hydrogens (tertiary/aromatic N) is 2. The fourth-order valence-corrected chi connectivity index (χ4v) is 2.99. The predicted octanol–water partition coefficient (Wildman–Crippen LogP) is -0.0254. The standard InChI is InChI=1S/C14H24N2O4/c1-10-6-15(8-12(10)14(18)19-3)9-13(17)16-4-5-20-11(2)7-16/h10-12H,4-9H2,1-3H3. The molecule has 0 saturated carbocycles. The highest BCUT2D eigenvalue weighted by Crippen LogP contribution is 2.24. The SMILES string of the molecule is COC(=O)C1CN(CC(=O)N2CCOC(C)C2)CC1C. The molecule has 0 aromatic rings. The summed E-state index contributed by atoms with van der Waals surface area (Å²) >= 11 is 0. The van der Waals surface area contributed by atoms with E-state index in [9.17, 15) is 9.59 Å². The minimum absolute atomic E-state index is 0.105. The van der Waals surface area contributed by atoms with Gasteiger partial charge in [0, 0.05) is 26.2 Å². The molecule has 0 aliphatic carbocycles. The molecule has 2 fully saturated rings. The van der Waals surface area contributed by atoms with Crippen LogP contribution in [0, 0.1) is 11.8 Å². The molecule has 6 heteroatoms. The Labute approximate surface area is 120 Å². The highest BCUT2D eigenvalue weighted by atomic mass is 16.5. The summed E-state index contributed by atoms with van der Waals surface area (Å²) in [6.45, 7) is 7.69. The van der Waals surface area contributed by atoms with Crippen molar-refractivity contribution in [2.45, 2.75) is 20.0 Å². The van der Waals surface area contributed by atoms with Crippen LogP contribution in [0.2, 0.25) is 0 Å². The molecule has 2 aliphatic heterocycles. The summed E-state index contributed by atoms with van der Waals surface area (Å²) in [4.78, 5) is 27.8. The topological polar surface area (TPSA) is 59.1 Å². The molecular weight excluding hydrogens is 260 g/mol. The summed E-state index contributed by atoms with van der Waals surface area (Å²) < 4.78 is 10.3. The molecule has 2 heterocycles. The predicted molar refractivity (Wildman–Crippen MR) is 73.1 cm³/mol. The summed E-state index contributed by atoms with van der Waals surface area (Å²) in [5, 5.41) is 0. The monoisotopic (exact) mass is 284 g/mol. The Morgan fingerprint density at radius 2 is 2.00 bits per heavy atom. The molecule has 20 heavy (non-hydrogen) atoms. The van der Waals surface area contributed by atoms with E-state index < -0.39 is 0 Å². The van der Waals surface area contributed by atoms with Gasteiger partial charge in [-0.2, -0.15) is 0 Å². The van der Waals surface area contributed by atoms with E-state index >= 15 is 0 Å². The van der Waals surface area contributed by atoms with E-state index in [0.29, 0.717) is 32.8 Å². The largest absolute Gasteiger partial charge is 0.469 e. The number of ether oxygens (including phenoxy) is 2. The average Bonchev–Trinajstić information content (AvgIpc) is 2.78. The lowest BCUT2D eigenvalue weighted by molar-refractivity contribution is -0.146. The van der Waals surface area contributed by atoms with Gasteiger partial charge in [0.25, 0.3) is 0 Å². The number of morpholine rings is 1. The molecule has 0 N–H and O–H groups in total. The number of hydrogen-bond donors (Lipinski definition) is 0. The number of carbonyl (C=O) groups excluding carboxylic acids is 2. The maximum atomic E-state index is 12.3. The fraction of sp³-hybridized carbons (Fsp3) is 0.857. The van der Waals surface area contributed by atoms with Crippen LogP contribution in [0.3, 0.4) is 0 Å². The molecule has 3 atom stereocenters. The van der Waals surface area contributed by atoms with Gasteiger partial charge in [0.2, 0.25) is 5.91 Å². The van der Waals surface area contributed by atoms with Crippen molar-refractivity contribution in [2.75, 3.05) is 46.4 Å². The Kier molecular flexibility index (Phi) is 4.99. The van der Waals surface area contributed by atoms with Crippen molar-refractivity contribution in [3.63, 3.8) is 0 Å². The minimum Gasteiger partial charge on any atom is -0.469 e. The van der Waals surface area contributed by atoms with Gasteiger partial charge in [0.15, 0.2) is 0 Å². The summed E-state index contributed by atoms with van der Waals surface area (Å²) in [6.07, 6.45) is 0.105. The number of carbonyl (C=O) groups is 2. The number of methoxy groups -OCH3 is 1. The smallest absolute Gasteiger partial charge is 0.310 e. The van der Waals surface area contributed by atoms with Crippen molar-refractivity contribution in [2.24, 2.45) is 11.8 Å². The fourth-order valence-electron chi connectivity index (χ4n) is 2.99. The molecule has 0 radical (unpaired) electrons. The molecular formula is C14H24N2O4. The summed E-state index contributed by atoms with van der Waals surface area (Å²) in [7, 11) is 1.41. The van der Waals surface area contributed by atoms with E-state index in [4.69, 9.17) is 9.47 Å². The third-order valence-electron chi connectivity index (χ3n) is 4.14. The van der Waals surface area contributed by atoms with Gasteiger partial charge in [0.1, 0.15) is 0 Å². The number of rotatable bonds is 3. The van der Waals surface area contributed by atoms with Crippen LogP contribution in [0.1, 0.15) is 13.8 Å². The van der Waals surface area contributed by atoms with E-state index in [-0.39, 0.29) is 29.8 Å². The molecule has 3 unspecified atom stereocenters. The van der Waals surface area contributed by atoms with Crippen molar-refractivity contribution in [3.05, 3.63) is 0 Å². The zero-order chi connectivity index (χ0) is 14.7. The average molecular weight is 284 g/mol. The van der Waals surface area contributed by atoms with Gasteiger partial charge < -0.3 is 14.4 Å². The molecule has 0 aromatic heterocycles. The van der Waals surface area contributed by atoms with Crippen LogP contribution in [-0.2, 0) is 19.1 Å². The molecule has 2 rings (SSSR count). The van der Waals surface area contributed by atoms with Gasteiger partial charge in [0.05, 0.1) is 32.3 Å². The second-order valence-electron chi connectivity index (χ2n) is 5.82. The van der Waals surface area contributed by atoms with Crippen LogP contribution in [-0.4, -0.2) is 74.2 Å². The quantitative estimate of drug-likeness (QED) is 0.681. The Hall–Kier alpha value is -1.14. The highest BCUT2D eigenvalue weighted by molar-refractivity contribution is 5.79. The molecule has 1 amide bonds. The maximum absolute atomic E-state index is 12.3. The molecule has 0 bridgehead atoms. The zero-order valence-electron chi connectivity index (χ0n) is 12.5. The lowest BCUT2D eigenvalue weighted by atomic mass is 9.99. The summed E-state index contributed by atoms with van der Waals surface area (Å²) in [5.74, 6) is 0.0700. The van der Waals surface area contributed by atoms with Crippen molar-refractivity contribution in [1.82, 2.24) is 9.80 Å².